The van der Waals surface area contributed by atoms with E-state index >= 15 is 0 Å². The van der Waals surface area contributed by atoms with Crippen LogP contribution in [0.1, 0.15) is 37.8 Å². The van der Waals surface area contributed by atoms with Crippen molar-refractivity contribution in [2.24, 2.45) is 5.41 Å². The Labute approximate surface area is 134 Å². The van der Waals surface area contributed by atoms with Crippen molar-refractivity contribution >= 4 is 11.7 Å². The lowest BCUT2D eigenvalue weighted by Gasteiger charge is -2.21. The normalized spacial score (nSPS) is 12.1. The van der Waals surface area contributed by atoms with Crippen LogP contribution in [0.25, 0.3) is 0 Å². The molecule has 0 radical (unpaired) electrons. The number of hydrogen-bond donors (Lipinski definition) is 3. The molecule has 23 heavy (non-hydrogen) atoms. The summed E-state index contributed by atoms with van der Waals surface area (Å²) in [6, 6.07) is 3.12. The van der Waals surface area contributed by atoms with E-state index in [2.05, 4.69) is 10.6 Å². The van der Waals surface area contributed by atoms with Gasteiger partial charge in [0.25, 0.3) is 0 Å². The van der Waals surface area contributed by atoms with Crippen LogP contribution in [-0.4, -0.2) is 24.3 Å². The lowest BCUT2D eigenvalue weighted by atomic mass is 9.89. The fraction of sp³-hybridized carbons (Fsp3) is 0.562. The number of nitrogens with one attached hydrogen (secondary N) is 2. The highest BCUT2D eigenvalue weighted by molar-refractivity contribution is 5.90. The van der Waals surface area contributed by atoms with Gasteiger partial charge in [-0.25, -0.2) is 4.79 Å². The summed E-state index contributed by atoms with van der Waals surface area (Å²) < 4.78 is 38.4. The van der Waals surface area contributed by atoms with Crippen molar-refractivity contribution in [2.75, 3.05) is 18.5 Å². The number of alkyl halides is 3. The number of rotatable bonds is 6. The summed E-state index contributed by atoms with van der Waals surface area (Å²) >= 11 is 0. The first-order valence-electron chi connectivity index (χ1n) is 7.39. The van der Waals surface area contributed by atoms with Crippen LogP contribution < -0.4 is 10.6 Å². The number of carbonyl (C=O) groups excluding carboxylic acids is 1. The Kier molecular flexibility index (Phi) is 6.44. The molecule has 0 aromatic heterocycles. The molecule has 1 aromatic rings. The largest absolute Gasteiger partial charge is 0.416 e. The molecule has 0 spiro atoms. The fourth-order valence-electron chi connectivity index (χ4n) is 2.09. The summed E-state index contributed by atoms with van der Waals surface area (Å²) in [7, 11) is 0. The molecule has 130 valence electrons. The molecule has 0 unspecified atom stereocenters. The third kappa shape index (κ3) is 6.09. The number of urea groups is 1. The maximum Gasteiger partial charge on any atom is 0.416 e. The highest BCUT2D eigenvalue weighted by Crippen LogP contribution is 2.34. The zero-order valence-electron chi connectivity index (χ0n) is 13.5. The molecule has 0 aliphatic rings. The third-order valence-electron chi connectivity index (χ3n) is 3.63. The van der Waals surface area contributed by atoms with E-state index in [0.29, 0.717) is 13.0 Å². The van der Waals surface area contributed by atoms with E-state index in [-0.39, 0.29) is 23.3 Å². The molecule has 0 aliphatic carbocycles. The van der Waals surface area contributed by atoms with Crippen LogP contribution in [0.5, 0.6) is 0 Å². The average Bonchev–Trinajstić information content (AvgIpc) is 2.44. The highest BCUT2D eigenvalue weighted by Gasteiger charge is 2.33. The van der Waals surface area contributed by atoms with Crippen LogP contribution >= 0.6 is 0 Å². The monoisotopic (exact) mass is 332 g/mol. The summed E-state index contributed by atoms with van der Waals surface area (Å²) in [5.41, 5.74) is -0.861. The number of benzene rings is 1. The van der Waals surface area contributed by atoms with Gasteiger partial charge in [0.2, 0.25) is 0 Å². The quantitative estimate of drug-likeness (QED) is 0.691. The van der Waals surface area contributed by atoms with Gasteiger partial charge in [0.05, 0.1) is 5.56 Å². The molecule has 0 bridgehead atoms. The number of aliphatic hydroxyl groups excluding tert-OH is 1. The second-order valence-corrected chi connectivity index (χ2v) is 6.28. The van der Waals surface area contributed by atoms with E-state index in [1.165, 1.54) is 19.1 Å². The third-order valence-corrected chi connectivity index (χ3v) is 3.63. The lowest BCUT2D eigenvalue weighted by molar-refractivity contribution is -0.138. The first kappa shape index (κ1) is 19.3. The maximum atomic E-state index is 12.8. The van der Waals surface area contributed by atoms with Gasteiger partial charge in [0.1, 0.15) is 0 Å². The van der Waals surface area contributed by atoms with Crippen LogP contribution in [0, 0.1) is 12.3 Å². The zero-order chi connectivity index (χ0) is 17.7. The summed E-state index contributed by atoms with van der Waals surface area (Å²) in [6.45, 7) is 5.59. The number of carbonyl (C=O) groups is 1. The van der Waals surface area contributed by atoms with E-state index in [9.17, 15) is 18.0 Å². The molecule has 7 heteroatoms. The van der Waals surface area contributed by atoms with Gasteiger partial charge in [0, 0.05) is 18.8 Å². The summed E-state index contributed by atoms with van der Waals surface area (Å²) in [5, 5.41) is 14.2. The van der Waals surface area contributed by atoms with Crippen molar-refractivity contribution in [3.8, 4) is 0 Å². The second-order valence-electron chi connectivity index (χ2n) is 6.28. The topological polar surface area (TPSA) is 61.4 Å². The summed E-state index contributed by atoms with van der Waals surface area (Å²) in [4.78, 5) is 11.8. The predicted octanol–water partition coefficient (Wildman–Crippen LogP) is 3.93. The Morgan fingerprint density at radius 3 is 2.48 bits per heavy atom. The van der Waals surface area contributed by atoms with Gasteiger partial charge in [-0.05, 0) is 42.9 Å². The first-order valence-corrected chi connectivity index (χ1v) is 7.39. The van der Waals surface area contributed by atoms with Gasteiger partial charge in [-0.1, -0.05) is 19.9 Å². The number of hydrogen-bond acceptors (Lipinski definition) is 2. The van der Waals surface area contributed by atoms with Crippen LogP contribution in [0.2, 0.25) is 0 Å². The number of amides is 2. The number of aliphatic hydroxyl groups is 1. The van der Waals surface area contributed by atoms with E-state index in [1.807, 2.05) is 13.8 Å². The maximum absolute atomic E-state index is 12.8. The predicted molar refractivity (Wildman–Crippen MR) is 83.3 cm³/mol. The van der Waals surface area contributed by atoms with Crippen molar-refractivity contribution in [3.63, 3.8) is 0 Å². The van der Waals surface area contributed by atoms with Crippen molar-refractivity contribution in [3.05, 3.63) is 29.3 Å². The Morgan fingerprint density at radius 1 is 1.26 bits per heavy atom. The molecule has 0 atom stereocenters. The minimum atomic E-state index is -4.45. The van der Waals surface area contributed by atoms with Crippen molar-refractivity contribution in [1.82, 2.24) is 5.32 Å². The molecule has 1 aromatic carbocycles. The summed E-state index contributed by atoms with van der Waals surface area (Å²) in [5.74, 6) is 0. The molecule has 2 amide bonds. The Balaban J connectivity index is 2.56. The van der Waals surface area contributed by atoms with Crippen molar-refractivity contribution < 1.29 is 23.1 Å². The molecule has 0 saturated heterocycles. The van der Waals surface area contributed by atoms with Crippen LogP contribution in [0.3, 0.4) is 0 Å². The number of anilines is 1. The van der Waals surface area contributed by atoms with Gasteiger partial charge < -0.3 is 15.7 Å². The molecule has 0 aliphatic heterocycles. The van der Waals surface area contributed by atoms with Crippen molar-refractivity contribution in [1.29, 1.82) is 0 Å². The van der Waals surface area contributed by atoms with Crippen LogP contribution in [0.4, 0.5) is 23.7 Å². The molecule has 3 N–H and O–H groups in total. The van der Waals surface area contributed by atoms with Gasteiger partial charge in [-0.2, -0.15) is 13.2 Å². The SMILES string of the molecule is Cc1c(NC(=O)NCCCC(C)(C)CO)cccc1C(F)(F)F. The van der Waals surface area contributed by atoms with Crippen LogP contribution in [0.15, 0.2) is 18.2 Å². The standard InChI is InChI=1S/C16H23F3N2O2/c1-11-12(16(17,18)19)6-4-7-13(11)21-14(23)20-9-5-8-15(2,3)10-22/h4,6-7,22H,5,8-10H2,1-3H3,(H2,20,21,23). The Morgan fingerprint density at radius 2 is 1.91 bits per heavy atom. The highest BCUT2D eigenvalue weighted by atomic mass is 19.4. The molecule has 0 fully saturated rings. The fourth-order valence-corrected chi connectivity index (χ4v) is 2.09. The number of halogens is 3. The molecular formula is C16H23F3N2O2. The van der Waals surface area contributed by atoms with E-state index < -0.39 is 17.8 Å². The smallest absolute Gasteiger partial charge is 0.396 e. The van der Waals surface area contributed by atoms with Gasteiger partial charge in [-0.15, -0.1) is 0 Å². The van der Waals surface area contributed by atoms with E-state index in [4.69, 9.17) is 5.11 Å². The average molecular weight is 332 g/mol. The summed E-state index contributed by atoms with van der Waals surface area (Å²) in [6.07, 6.45) is -3.05. The Hall–Kier alpha value is -1.76. The van der Waals surface area contributed by atoms with Gasteiger partial charge in [0.15, 0.2) is 0 Å². The Bertz CT molecular complexity index is 543. The van der Waals surface area contributed by atoms with Gasteiger partial charge in [-0.3, -0.25) is 0 Å². The molecule has 4 nitrogen and oxygen atoms in total. The minimum Gasteiger partial charge on any atom is -0.396 e. The van der Waals surface area contributed by atoms with Crippen LogP contribution in [-0.2, 0) is 6.18 Å². The van der Waals surface area contributed by atoms with Gasteiger partial charge >= 0.3 is 12.2 Å². The molecule has 0 saturated carbocycles. The second kappa shape index (κ2) is 7.68. The lowest BCUT2D eigenvalue weighted by Crippen LogP contribution is -2.31. The molecule has 1 rings (SSSR count). The minimum absolute atomic E-state index is 0.0171. The first-order chi connectivity index (χ1) is 10.6. The molecule has 0 heterocycles. The van der Waals surface area contributed by atoms with E-state index in [0.717, 1.165) is 12.5 Å². The van der Waals surface area contributed by atoms with Crippen molar-refractivity contribution in [2.45, 2.75) is 39.8 Å². The zero-order valence-corrected chi connectivity index (χ0v) is 13.5. The molecular weight excluding hydrogens is 309 g/mol. The van der Waals surface area contributed by atoms with E-state index in [1.54, 1.807) is 0 Å².